The van der Waals surface area contributed by atoms with Gasteiger partial charge in [-0.2, -0.15) is 0 Å². The molecule has 0 spiro atoms. The topological polar surface area (TPSA) is 127 Å². The number of aliphatic hydroxyl groups excluding tert-OH is 1. The second-order valence-electron chi connectivity index (χ2n) is 5.17. The summed E-state index contributed by atoms with van der Waals surface area (Å²) in [5.74, 6) is -0.382. The Labute approximate surface area is 123 Å². The van der Waals surface area contributed by atoms with E-state index in [9.17, 15) is 13.2 Å². The Kier molecular flexibility index (Phi) is 4.38. The number of aliphatic hydroxyl groups is 1. The normalized spacial score (nSPS) is 20.3. The van der Waals surface area contributed by atoms with Gasteiger partial charge in [0, 0.05) is 29.5 Å². The lowest BCUT2D eigenvalue weighted by Gasteiger charge is -2.27. The largest absolute Gasteiger partial charge is 0.399 e. The molecule has 0 aromatic heterocycles. The summed E-state index contributed by atoms with van der Waals surface area (Å²) in [7, 11) is -3.12. The highest BCUT2D eigenvalue weighted by atomic mass is 32.2. The van der Waals surface area contributed by atoms with Gasteiger partial charge in [-0.3, -0.25) is 4.79 Å². The molecule has 116 valence electrons. The SMILES string of the molecule is Nc1cc(N)cc(C(=O)N(CCO)C2CCS(=O)(=O)C2)c1. The van der Waals surface area contributed by atoms with E-state index in [1.165, 1.54) is 23.1 Å². The predicted molar refractivity (Wildman–Crippen MR) is 80.4 cm³/mol. The van der Waals surface area contributed by atoms with E-state index in [1.807, 2.05) is 0 Å². The van der Waals surface area contributed by atoms with E-state index >= 15 is 0 Å². The zero-order valence-electron chi connectivity index (χ0n) is 11.5. The van der Waals surface area contributed by atoms with Gasteiger partial charge in [0.15, 0.2) is 9.84 Å². The van der Waals surface area contributed by atoms with E-state index in [2.05, 4.69) is 0 Å². The van der Waals surface area contributed by atoms with Crippen LogP contribution in [0.2, 0.25) is 0 Å². The van der Waals surface area contributed by atoms with Crippen LogP contribution in [0.4, 0.5) is 11.4 Å². The molecule has 1 aliphatic rings. The molecule has 1 aromatic rings. The number of carbonyl (C=O) groups is 1. The van der Waals surface area contributed by atoms with Crippen molar-refractivity contribution in [3.63, 3.8) is 0 Å². The standard InChI is InChI=1S/C13H19N3O4S/c14-10-5-9(6-11(15)7-10)13(18)16(2-3-17)12-1-4-21(19,20)8-12/h5-7,12,17H,1-4,8,14-15H2. The number of amides is 1. The molecule has 1 aromatic carbocycles. The van der Waals surface area contributed by atoms with Crippen LogP contribution in [0.5, 0.6) is 0 Å². The Morgan fingerprint density at radius 1 is 1.29 bits per heavy atom. The third-order valence-corrected chi connectivity index (χ3v) is 5.23. The van der Waals surface area contributed by atoms with Crippen molar-refractivity contribution in [3.05, 3.63) is 23.8 Å². The highest BCUT2D eigenvalue weighted by Gasteiger charge is 2.34. The van der Waals surface area contributed by atoms with E-state index in [4.69, 9.17) is 16.6 Å². The molecule has 1 saturated heterocycles. The average molecular weight is 313 g/mol. The Morgan fingerprint density at radius 2 is 1.90 bits per heavy atom. The number of sulfone groups is 1. The van der Waals surface area contributed by atoms with Crippen LogP contribution in [0.15, 0.2) is 18.2 Å². The van der Waals surface area contributed by atoms with E-state index in [-0.39, 0.29) is 30.6 Å². The van der Waals surface area contributed by atoms with Crippen LogP contribution in [0, 0.1) is 0 Å². The Morgan fingerprint density at radius 3 is 2.38 bits per heavy atom. The van der Waals surface area contributed by atoms with E-state index < -0.39 is 15.9 Å². The van der Waals surface area contributed by atoms with Crippen molar-refractivity contribution in [2.75, 3.05) is 36.1 Å². The Bertz CT molecular complexity index is 625. The van der Waals surface area contributed by atoms with Gasteiger partial charge in [0.1, 0.15) is 0 Å². The first-order valence-corrected chi connectivity index (χ1v) is 8.43. The van der Waals surface area contributed by atoms with Crippen LogP contribution in [-0.4, -0.2) is 55.0 Å². The van der Waals surface area contributed by atoms with Gasteiger partial charge in [0.05, 0.1) is 18.1 Å². The fraction of sp³-hybridized carbons (Fsp3) is 0.462. The van der Waals surface area contributed by atoms with Crippen molar-refractivity contribution in [3.8, 4) is 0 Å². The lowest BCUT2D eigenvalue weighted by atomic mass is 10.1. The lowest BCUT2D eigenvalue weighted by molar-refractivity contribution is 0.0655. The number of anilines is 2. The number of nitrogens with two attached hydrogens (primary N) is 2. The fourth-order valence-corrected chi connectivity index (χ4v) is 4.28. The third-order valence-electron chi connectivity index (χ3n) is 3.48. The van der Waals surface area contributed by atoms with Gasteiger partial charge in [0.25, 0.3) is 5.91 Å². The number of nitrogens with zero attached hydrogens (tertiary/aromatic N) is 1. The molecule has 1 amide bonds. The van der Waals surface area contributed by atoms with E-state index in [0.29, 0.717) is 23.4 Å². The fourth-order valence-electron chi connectivity index (χ4n) is 2.54. The molecule has 1 atom stereocenters. The summed E-state index contributed by atoms with van der Waals surface area (Å²) in [6.45, 7) is -0.159. The smallest absolute Gasteiger partial charge is 0.254 e. The molecule has 7 nitrogen and oxygen atoms in total. The summed E-state index contributed by atoms with van der Waals surface area (Å²) in [5, 5.41) is 9.14. The maximum Gasteiger partial charge on any atom is 0.254 e. The summed E-state index contributed by atoms with van der Waals surface area (Å²) in [5.41, 5.74) is 12.4. The Hall–Kier alpha value is -1.80. The minimum Gasteiger partial charge on any atom is -0.399 e. The first kappa shape index (κ1) is 15.6. The number of rotatable bonds is 4. The van der Waals surface area contributed by atoms with Gasteiger partial charge >= 0.3 is 0 Å². The van der Waals surface area contributed by atoms with Crippen LogP contribution in [0.1, 0.15) is 16.8 Å². The van der Waals surface area contributed by atoms with Crippen LogP contribution >= 0.6 is 0 Å². The zero-order chi connectivity index (χ0) is 15.6. The molecule has 2 rings (SSSR count). The molecule has 1 heterocycles. The van der Waals surface area contributed by atoms with Crippen molar-refractivity contribution in [1.82, 2.24) is 4.90 Å². The molecule has 1 aliphatic heterocycles. The molecule has 21 heavy (non-hydrogen) atoms. The van der Waals surface area contributed by atoms with Crippen LogP contribution in [0.3, 0.4) is 0 Å². The van der Waals surface area contributed by atoms with Crippen molar-refractivity contribution in [2.45, 2.75) is 12.5 Å². The molecular weight excluding hydrogens is 294 g/mol. The maximum atomic E-state index is 12.5. The molecule has 1 fully saturated rings. The van der Waals surface area contributed by atoms with Crippen LogP contribution in [-0.2, 0) is 9.84 Å². The second-order valence-corrected chi connectivity index (χ2v) is 7.40. The molecule has 0 saturated carbocycles. The molecule has 8 heteroatoms. The third kappa shape index (κ3) is 3.64. The van der Waals surface area contributed by atoms with Gasteiger partial charge in [-0.1, -0.05) is 0 Å². The van der Waals surface area contributed by atoms with Gasteiger partial charge in [-0.25, -0.2) is 8.42 Å². The minimum atomic E-state index is -3.12. The van der Waals surface area contributed by atoms with Gasteiger partial charge in [-0.05, 0) is 24.6 Å². The molecule has 1 unspecified atom stereocenters. The van der Waals surface area contributed by atoms with Gasteiger partial charge in [0.2, 0.25) is 0 Å². The zero-order valence-corrected chi connectivity index (χ0v) is 12.3. The number of nitrogen functional groups attached to an aromatic ring is 2. The maximum absolute atomic E-state index is 12.5. The predicted octanol–water partition coefficient (Wildman–Crippen LogP) is -0.527. The van der Waals surface area contributed by atoms with Gasteiger partial charge in [-0.15, -0.1) is 0 Å². The average Bonchev–Trinajstić information content (AvgIpc) is 2.74. The molecule has 0 radical (unpaired) electrons. The quantitative estimate of drug-likeness (QED) is 0.642. The van der Waals surface area contributed by atoms with Crippen molar-refractivity contribution < 1.29 is 18.3 Å². The number of carbonyl (C=O) groups excluding carboxylic acids is 1. The van der Waals surface area contributed by atoms with E-state index in [0.717, 1.165) is 0 Å². The molecule has 5 N–H and O–H groups in total. The first-order chi connectivity index (χ1) is 9.82. The summed E-state index contributed by atoms with van der Waals surface area (Å²) in [4.78, 5) is 13.9. The summed E-state index contributed by atoms with van der Waals surface area (Å²) < 4.78 is 23.2. The minimum absolute atomic E-state index is 0.0615. The molecular formula is C13H19N3O4S. The summed E-state index contributed by atoms with van der Waals surface area (Å²) in [6.07, 6.45) is 0.381. The number of hydrogen-bond donors (Lipinski definition) is 3. The second kappa shape index (κ2) is 5.90. The Balaban J connectivity index is 2.27. The van der Waals surface area contributed by atoms with Crippen molar-refractivity contribution in [1.29, 1.82) is 0 Å². The van der Waals surface area contributed by atoms with Crippen LogP contribution in [0.25, 0.3) is 0 Å². The van der Waals surface area contributed by atoms with Gasteiger partial charge < -0.3 is 21.5 Å². The number of hydrogen-bond acceptors (Lipinski definition) is 6. The van der Waals surface area contributed by atoms with Crippen molar-refractivity contribution in [2.24, 2.45) is 0 Å². The summed E-state index contributed by atoms with van der Waals surface area (Å²) in [6, 6.07) is 4.10. The molecule has 0 aliphatic carbocycles. The van der Waals surface area contributed by atoms with Crippen molar-refractivity contribution >= 4 is 27.1 Å². The molecule has 0 bridgehead atoms. The first-order valence-electron chi connectivity index (χ1n) is 6.60. The van der Waals surface area contributed by atoms with E-state index in [1.54, 1.807) is 0 Å². The summed E-state index contributed by atoms with van der Waals surface area (Å²) >= 11 is 0. The lowest BCUT2D eigenvalue weighted by Crippen LogP contribution is -2.42. The monoisotopic (exact) mass is 313 g/mol. The van der Waals surface area contributed by atoms with Crippen LogP contribution < -0.4 is 11.5 Å². The highest BCUT2D eigenvalue weighted by Crippen LogP contribution is 2.22. The highest BCUT2D eigenvalue weighted by molar-refractivity contribution is 7.91. The number of benzene rings is 1.